The van der Waals surface area contributed by atoms with Crippen LogP contribution in [0, 0.1) is 5.82 Å². The normalized spacial score (nSPS) is 17.0. The van der Waals surface area contributed by atoms with Crippen LogP contribution in [0.4, 0.5) is 10.1 Å². The molecule has 1 amide bonds. The minimum Gasteiger partial charge on any atom is -0.367 e. The van der Waals surface area contributed by atoms with Crippen molar-refractivity contribution < 1.29 is 17.6 Å². The number of hydrogen-bond donors (Lipinski definition) is 1. The van der Waals surface area contributed by atoms with Gasteiger partial charge in [0.05, 0.1) is 22.5 Å². The highest BCUT2D eigenvalue weighted by molar-refractivity contribution is 7.90. The molecule has 0 aromatic heterocycles. The summed E-state index contributed by atoms with van der Waals surface area (Å²) >= 11 is 6.06. The fourth-order valence-corrected chi connectivity index (χ4v) is 3.57. The molecule has 6 nitrogen and oxygen atoms in total. The van der Waals surface area contributed by atoms with Gasteiger partial charge in [-0.1, -0.05) is 11.6 Å². The zero-order valence-electron chi connectivity index (χ0n) is 13.4. The second-order valence-corrected chi connectivity index (χ2v) is 8.60. The van der Waals surface area contributed by atoms with E-state index >= 15 is 0 Å². The van der Waals surface area contributed by atoms with Gasteiger partial charge in [-0.05, 0) is 24.6 Å². The quantitative estimate of drug-likeness (QED) is 0.823. The van der Waals surface area contributed by atoms with Crippen molar-refractivity contribution >= 4 is 33.0 Å². The van der Waals surface area contributed by atoms with Crippen LogP contribution in [0.3, 0.4) is 0 Å². The Morgan fingerprint density at radius 3 is 2.50 bits per heavy atom. The number of rotatable bonds is 5. The van der Waals surface area contributed by atoms with E-state index in [2.05, 4.69) is 0 Å². The molecule has 2 N–H and O–H groups in total. The lowest BCUT2D eigenvalue weighted by Gasteiger charge is -2.37. The molecule has 1 aliphatic heterocycles. The van der Waals surface area contributed by atoms with Crippen molar-refractivity contribution in [2.24, 2.45) is 5.73 Å². The molecule has 0 saturated carbocycles. The molecule has 0 aliphatic carbocycles. The van der Waals surface area contributed by atoms with Gasteiger partial charge in [0, 0.05) is 32.4 Å². The molecular formula is C15H21ClFN3O3S. The van der Waals surface area contributed by atoms with E-state index in [9.17, 15) is 17.6 Å². The van der Waals surface area contributed by atoms with Crippen LogP contribution >= 0.6 is 11.6 Å². The molecule has 1 fully saturated rings. The number of halogens is 2. The number of piperazine rings is 1. The van der Waals surface area contributed by atoms with Gasteiger partial charge in [0.25, 0.3) is 0 Å². The Morgan fingerprint density at radius 1 is 1.33 bits per heavy atom. The van der Waals surface area contributed by atoms with Crippen LogP contribution in [-0.4, -0.2) is 63.5 Å². The third-order valence-electron chi connectivity index (χ3n) is 3.96. The molecule has 1 aromatic rings. The molecular weight excluding hydrogens is 357 g/mol. The van der Waals surface area contributed by atoms with Crippen molar-refractivity contribution in [1.29, 1.82) is 0 Å². The molecule has 1 unspecified atom stereocenters. The molecule has 134 valence electrons. The lowest BCUT2D eigenvalue weighted by molar-refractivity contribution is -0.132. The summed E-state index contributed by atoms with van der Waals surface area (Å²) in [6.45, 7) is 2.02. The van der Waals surface area contributed by atoms with Crippen LogP contribution in [0.15, 0.2) is 18.2 Å². The lowest BCUT2D eigenvalue weighted by Crippen LogP contribution is -2.53. The maximum atomic E-state index is 13.1. The molecule has 1 atom stereocenters. The molecule has 1 aliphatic rings. The zero-order valence-corrected chi connectivity index (χ0v) is 15.0. The summed E-state index contributed by atoms with van der Waals surface area (Å²) < 4.78 is 35.4. The smallest absolute Gasteiger partial charge is 0.239 e. The van der Waals surface area contributed by atoms with Crippen molar-refractivity contribution in [3.05, 3.63) is 29.0 Å². The van der Waals surface area contributed by atoms with Gasteiger partial charge in [-0.25, -0.2) is 12.8 Å². The standard InChI is InChI=1S/C15H21ClFN3O3S/c1-24(22,23)9-4-13(18)15(21)20-7-5-19(6-8-20)14-3-2-11(17)10-12(14)16/h2-3,10,13H,4-9,18H2,1H3. The summed E-state index contributed by atoms with van der Waals surface area (Å²) in [4.78, 5) is 15.9. The van der Waals surface area contributed by atoms with Crippen LogP contribution < -0.4 is 10.6 Å². The van der Waals surface area contributed by atoms with Gasteiger partial charge in [0.2, 0.25) is 5.91 Å². The number of carbonyl (C=O) groups is 1. The van der Waals surface area contributed by atoms with Gasteiger partial charge in [-0.2, -0.15) is 0 Å². The average Bonchev–Trinajstić information content (AvgIpc) is 2.51. The minimum atomic E-state index is -3.14. The van der Waals surface area contributed by atoms with Crippen LogP contribution in [0.5, 0.6) is 0 Å². The molecule has 24 heavy (non-hydrogen) atoms. The van der Waals surface area contributed by atoms with E-state index in [1.807, 2.05) is 4.90 Å². The Balaban J connectivity index is 1.91. The zero-order chi connectivity index (χ0) is 17.9. The first kappa shape index (κ1) is 19.0. The third kappa shape index (κ3) is 5.06. The van der Waals surface area contributed by atoms with E-state index < -0.39 is 21.7 Å². The predicted molar refractivity (Wildman–Crippen MR) is 92.5 cm³/mol. The summed E-state index contributed by atoms with van der Waals surface area (Å²) in [6, 6.07) is 3.41. The fourth-order valence-electron chi connectivity index (χ4n) is 2.60. The van der Waals surface area contributed by atoms with E-state index in [1.54, 1.807) is 11.0 Å². The lowest BCUT2D eigenvalue weighted by atomic mass is 10.2. The second-order valence-electron chi connectivity index (χ2n) is 5.93. The maximum Gasteiger partial charge on any atom is 0.239 e. The van der Waals surface area contributed by atoms with E-state index in [4.69, 9.17) is 17.3 Å². The maximum absolute atomic E-state index is 13.1. The Labute approximate surface area is 146 Å². The molecule has 1 heterocycles. The highest BCUT2D eigenvalue weighted by Crippen LogP contribution is 2.27. The molecule has 0 bridgehead atoms. The van der Waals surface area contributed by atoms with Crippen molar-refractivity contribution in [3.63, 3.8) is 0 Å². The Morgan fingerprint density at radius 2 is 1.96 bits per heavy atom. The van der Waals surface area contributed by atoms with Gasteiger partial charge < -0.3 is 15.5 Å². The predicted octanol–water partition coefficient (Wildman–Crippen LogP) is 0.890. The number of anilines is 1. The molecule has 2 rings (SSSR count). The number of hydrogen-bond acceptors (Lipinski definition) is 5. The van der Waals surface area contributed by atoms with Gasteiger partial charge in [-0.15, -0.1) is 0 Å². The van der Waals surface area contributed by atoms with Crippen LogP contribution in [0.25, 0.3) is 0 Å². The Hall–Kier alpha value is -1.38. The largest absolute Gasteiger partial charge is 0.367 e. The second kappa shape index (κ2) is 7.67. The van der Waals surface area contributed by atoms with E-state index in [0.717, 1.165) is 11.9 Å². The number of carbonyl (C=O) groups excluding carboxylic acids is 1. The molecule has 0 spiro atoms. The first-order chi connectivity index (χ1) is 11.2. The molecule has 1 saturated heterocycles. The van der Waals surface area contributed by atoms with Gasteiger partial charge in [-0.3, -0.25) is 4.79 Å². The van der Waals surface area contributed by atoms with Gasteiger partial charge in [0.1, 0.15) is 15.7 Å². The summed E-state index contributed by atoms with van der Waals surface area (Å²) in [6.07, 6.45) is 1.23. The van der Waals surface area contributed by atoms with E-state index in [1.165, 1.54) is 12.1 Å². The number of amides is 1. The first-order valence-electron chi connectivity index (χ1n) is 7.59. The Bertz CT molecular complexity index is 706. The van der Waals surface area contributed by atoms with E-state index in [-0.39, 0.29) is 18.1 Å². The summed E-state index contributed by atoms with van der Waals surface area (Å²) in [5, 5.41) is 0.333. The highest BCUT2D eigenvalue weighted by Gasteiger charge is 2.26. The Kier molecular flexibility index (Phi) is 6.06. The van der Waals surface area contributed by atoms with E-state index in [0.29, 0.717) is 31.2 Å². The van der Waals surface area contributed by atoms with Crippen LogP contribution in [0.1, 0.15) is 6.42 Å². The average molecular weight is 378 g/mol. The van der Waals surface area contributed by atoms with Gasteiger partial charge >= 0.3 is 0 Å². The van der Waals surface area contributed by atoms with Crippen molar-refractivity contribution in [2.45, 2.75) is 12.5 Å². The van der Waals surface area contributed by atoms with Crippen LogP contribution in [0.2, 0.25) is 5.02 Å². The van der Waals surface area contributed by atoms with Crippen LogP contribution in [-0.2, 0) is 14.6 Å². The monoisotopic (exact) mass is 377 g/mol. The van der Waals surface area contributed by atoms with Crippen molar-refractivity contribution in [2.75, 3.05) is 43.1 Å². The third-order valence-corrected chi connectivity index (χ3v) is 5.24. The summed E-state index contributed by atoms with van der Waals surface area (Å²) in [5.41, 5.74) is 6.54. The molecule has 1 aromatic carbocycles. The molecule has 9 heteroatoms. The number of nitrogens with two attached hydrogens (primary N) is 1. The first-order valence-corrected chi connectivity index (χ1v) is 10.0. The topological polar surface area (TPSA) is 83.7 Å². The number of sulfone groups is 1. The molecule has 0 radical (unpaired) electrons. The SMILES string of the molecule is CS(=O)(=O)CCC(N)C(=O)N1CCN(c2ccc(F)cc2Cl)CC1. The van der Waals surface area contributed by atoms with Crippen molar-refractivity contribution in [3.8, 4) is 0 Å². The fraction of sp³-hybridized carbons (Fsp3) is 0.533. The number of nitrogens with zero attached hydrogens (tertiary/aromatic N) is 2. The number of benzene rings is 1. The minimum absolute atomic E-state index is 0.106. The van der Waals surface area contributed by atoms with Crippen molar-refractivity contribution in [1.82, 2.24) is 4.90 Å². The van der Waals surface area contributed by atoms with Gasteiger partial charge in [0.15, 0.2) is 0 Å². The summed E-state index contributed by atoms with van der Waals surface area (Å²) in [5.74, 6) is -0.747. The highest BCUT2D eigenvalue weighted by atomic mass is 35.5. The summed E-state index contributed by atoms with van der Waals surface area (Å²) in [7, 11) is -3.14.